The number of ether oxygens (including phenoxy) is 1. The summed E-state index contributed by atoms with van der Waals surface area (Å²) in [6.07, 6.45) is 2.75. The minimum atomic E-state index is -0.230. The second kappa shape index (κ2) is 6.21. The Morgan fingerprint density at radius 1 is 1.47 bits per heavy atom. The number of halogens is 1. The third-order valence-electron chi connectivity index (χ3n) is 2.92. The second-order valence-electron chi connectivity index (χ2n) is 4.40. The smallest absolute Gasteiger partial charge is 0.119 e. The van der Waals surface area contributed by atoms with Crippen LogP contribution in [-0.2, 0) is 7.05 Å². The minimum absolute atomic E-state index is 0.230. The predicted molar refractivity (Wildman–Crippen MR) is 79.2 cm³/mol. The van der Waals surface area contributed by atoms with Gasteiger partial charge in [0.15, 0.2) is 0 Å². The summed E-state index contributed by atoms with van der Waals surface area (Å²) in [5, 5.41) is 4.19. The summed E-state index contributed by atoms with van der Waals surface area (Å²) in [6.45, 7) is 2.80. The van der Waals surface area contributed by atoms with Crippen LogP contribution in [-0.4, -0.2) is 16.4 Å². The monoisotopic (exact) mass is 323 g/mol. The van der Waals surface area contributed by atoms with Gasteiger partial charge in [0.2, 0.25) is 0 Å². The summed E-state index contributed by atoms with van der Waals surface area (Å²) < 4.78 is 8.34. The molecule has 0 saturated carbocycles. The lowest BCUT2D eigenvalue weighted by atomic mass is 10.0. The van der Waals surface area contributed by atoms with E-state index in [9.17, 15) is 0 Å². The number of aromatic nitrogens is 2. The highest BCUT2D eigenvalue weighted by atomic mass is 79.9. The van der Waals surface area contributed by atoms with Crippen molar-refractivity contribution in [1.29, 1.82) is 0 Å². The highest BCUT2D eigenvalue weighted by molar-refractivity contribution is 9.10. The maximum atomic E-state index is 6.31. The van der Waals surface area contributed by atoms with Crippen molar-refractivity contribution in [1.82, 2.24) is 9.78 Å². The maximum absolute atomic E-state index is 6.31. The number of nitrogens with two attached hydrogens (primary N) is 1. The molecular weight excluding hydrogens is 306 g/mol. The van der Waals surface area contributed by atoms with Gasteiger partial charge in [-0.25, -0.2) is 0 Å². The molecule has 1 heterocycles. The third kappa shape index (κ3) is 3.16. The lowest BCUT2D eigenvalue weighted by Crippen LogP contribution is -2.16. The Balaban J connectivity index is 2.26. The molecule has 0 radical (unpaired) electrons. The molecule has 4 nitrogen and oxygen atoms in total. The molecule has 0 spiro atoms. The molecule has 19 heavy (non-hydrogen) atoms. The van der Waals surface area contributed by atoms with Gasteiger partial charge in [-0.2, -0.15) is 5.10 Å². The quantitative estimate of drug-likeness (QED) is 0.920. The van der Waals surface area contributed by atoms with E-state index in [1.807, 2.05) is 31.3 Å². The van der Waals surface area contributed by atoms with Crippen LogP contribution in [0.2, 0.25) is 0 Å². The van der Waals surface area contributed by atoms with Gasteiger partial charge in [-0.05, 0) is 40.0 Å². The van der Waals surface area contributed by atoms with E-state index in [4.69, 9.17) is 10.5 Å². The lowest BCUT2D eigenvalue weighted by Gasteiger charge is -2.15. The number of benzene rings is 1. The van der Waals surface area contributed by atoms with Crippen molar-refractivity contribution in [2.75, 3.05) is 6.61 Å². The summed E-state index contributed by atoms with van der Waals surface area (Å²) in [5.74, 6) is 0.855. The number of hydrogen-bond acceptors (Lipinski definition) is 3. The van der Waals surface area contributed by atoms with E-state index in [1.165, 1.54) is 0 Å². The maximum Gasteiger partial charge on any atom is 0.119 e. The molecule has 0 bridgehead atoms. The fourth-order valence-corrected chi connectivity index (χ4v) is 2.54. The predicted octanol–water partition coefficient (Wildman–Crippen LogP) is 3.02. The minimum Gasteiger partial charge on any atom is -0.494 e. The van der Waals surface area contributed by atoms with Crippen LogP contribution < -0.4 is 10.5 Å². The molecule has 0 saturated heterocycles. The van der Waals surface area contributed by atoms with Gasteiger partial charge in [0.1, 0.15) is 5.75 Å². The first-order valence-electron chi connectivity index (χ1n) is 6.29. The van der Waals surface area contributed by atoms with Gasteiger partial charge in [-0.1, -0.05) is 19.1 Å². The van der Waals surface area contributed by atoms with E-state index in [1.54, 1.807) is 10.9 Å². The van der Waals surface area contributed by atoms with Crippen molar-refractivity contribution in [3.63, 3.8) is 0 Å². The number of aryl methyl sites for hydroxylation is 1. The molecule has 2 rings (SSSR count). The van der Waals surface area contributed by atoms with Crippen LogP contribution in [0.15, 0.2) is 34.9 Å². The van der Waals surface area contributed by atoms with Crippen molar-refractivity contribution in [3.05, 3.63) is 46.2 Å². The van der Waals surface area contributed by atoms with Crippen LogP contribution >= 0.6 is 15.9 Å². The fraction of sp³-hybridized carbons (Fsp3) is 0.357. The summed E-state index contributed by atoms with van der Waals surface area (Å²) in [7, 11) is 1.89. The normalized spacial score (nSPS) is 12.4. The fourth-order valence-electron chi connectivity index (χ4n) is 1.95. The van der Waals surface area contributed by atoms with Gasteiger partial charge in [0.05, 0.1) is 29.0 Å². The van der Waals surface area contributed by atoms with Gasteiger partial charge in [-0.3, -0.25) is 4.68 Å². The van der Waals surface area contributed by atoms with Gasteiger partial charge >= 0.3 is 0 Å². The van der Waals surface area contributed by atoms with E-state index >= 15 is 0 Å². The van der Waals surface area contributed by atoms with Crippen LogP contribution in [0.25, 0.3) is 0 Å². The molecule has 1 aromatic carbocycles. The Morgan fingerprint density at radius 2 is 2.26 bits per heavy atom. The SMILES string of the molecule is CCCOc1cccc(C(N)c2c(Br)cnn2C)c1. The molecular formula is C14H18BrN3O. The molecule has 102 valence electrons. The third-order valence-corrected chi connectivity index (χ3v) is 3.53. The molecule has 0 aliphatic rings. The van der Waals surface area contributed by atoms with Crippen LogP contribution in [0.5, 0.6) is 5.75 Å². The summed E-state index contributed by atoms with van der Waals surface area (Å²) in [6, 6.07) is 7.67. The standard InChI is InChI=1S/C14H18BrN3O/c1-3-7-19-11-6-4-5-10(8-11)13(16)14-12(15)9-17-18(14)2/h4-6,8-9,13H,3,7,16H2,1-2H3. The number of hydrogen-bond donors (Lipinski definition) is 1. The van der Waals surface area contributed by atoms with Gasteiger partial charge in [0.25, 0.3) is 0 Å². The van der Waals surface area contributed by atoms with Crippen LogP contribution in [0, 0.1) is 0 Å². The molecule has 1 atom stereocenters. The van der Waals surface area contributed by atoms with Crippen LogP contribution in [0.1, 0.15) is 30.6 Å². The Labute approximate surface area is 121 Å². The average molecular weight is 324 g/mol. The molecule has 2 aromatic rings. The Hall–Kier alpha value is -1.33. The molecule has 0 fully saturated rings. The van der Waals surface area contributed by atoms with E-state index in [0.717, 1.165) is 27.9 Å². The van der Waals surface area contributed by atoms with E-state index < -0.39 is 0 Å². The van der Waals surface area contributed by atoms with Crippen LogP contribution in [0.4, 0.5) is 0 Å². The van der Waals surface area contributed by atoms with Crippen molar-refractivity contribution in [2.45, 2.75) is 19.4 Å². The molecule has 0 amide bonds. The van der Waals surface area contributed by atoms with Gasteiger partial charge < -0.3 is 10.5 Å². The van der Waals surface area contributed by atoms with Crippen molar-refractivity contribution in [3.8, 4) is 5.75 Å². The Kier molecular flexibility index (Phi) is 4.61. The second-order valence-corrected chi connectivity index (χ2v) is 5.25. The van der Waals surface area contributed by atoms with Crippen LogP contribution in [0.3, 0.4) is 0 Å². The first-order chi connectivity index (χ1) is 9.13. The zero-order valence-electron chi connectivity index (χ0n) is 11.1. The summed E-state index contributed by atoms with van der Waals surface area (Å²) >= 11 is 3.48. The summed E-state index contributed by atoms with van der Waals surface area (Å²) in [4.78, 5) is 0. The zero-order valence-corrected chi connectivity index (χ0v) is 12.7. The summed E-state index contributed by atoms with van der Waals surface area (Å²) in [5.41, 5.74) is 8.28. The first kappa shape index (κ1) is 14.1. The molecule has 5 heteroatoms. The Morgan fingerprint density at radius 3 is 2.89 bits per heavy atom. The number of rotatable bonds is 5. The molecule has 2 N–H and O–H groups in total. The average Bonchev–Trinajstić information content (AvgIpc) is 2.75. The molecule has 0 aliphatic heterocycles. The van der Waals surface area contributed by atoms with Gasteiger partial charge in [-0.15, -0.1) is 0 Å². The highest BCUT2D eigenvalue weighted by Gasteiger charge is 2.17. The van der Waals surface area contributed by atoms with Crippen molar-refractivity contribution < 1.29 is 4.74 Å². The highest BCUT2D eigenvalue weighted by Crippen LogP contribution is 2.28. The largest absolute Gasteiger partial charge is 0.494 e. The molecule has 1 unspecified atom stereocenters. The topological polar surface area (TPSA) is 53.1 Å². The Bertz CT molecular complexity index is 534. The first-order valence-corrected chi connectivity index (χ1v) is 7.08. The zero-order chi connectivity index (χ0) is 13.8. The van der Waals surface area contributed by atoms with E-state index in [2.05, 4.69) is 28.0 Å². The molecule has 1 aromatic heterocycles. The lowest BCUT2D eigenvalue weighted by molar-refractivity contribution is 0.317. The van der Waals surface area contributed by atoms with E-state index in [0.29, 0.717) is 6.61 Å². The number of nitrogens with zero attached hydrogens (tertiary/aromatic N) is 2. The van der Waals surface area contributed by atoms with Gasteiger partial charge in [0, 0.05) is 7.05 Å². The molecule has 0 aliphatic carbocycles. The van der Waals surface area contributed by atoms with Crippen molar-refractivity contribution >= 4 is 15.9 Å². The van der Waals surface area contributed by atoms with E-state index in [-0.39, 0.29) is 6.04 Å². The van der Waals surface area contributed by atoms with Crippen molar-refractivity contribution in [2.24, 2.45) is 12.8 Å².